The number of carbonyl (C=O) groups is 1. The maximum absolute atomic E-state index is 13.8. The summed E-state index contributed by atoms with van der Waals surface area (Å²) in [6.07, 6.45) is 0. The van der Waals surface area contributed by atoms with Crippen molar-refractivity contribution < 1.29 is 13.6 Å². The van der Waals surface area contributed by atoms with Gasteiger partial charge >= 0.3 is 0 Å². The van der Waals surface area contributed by atoms with Gasteiger partial charge in [-0.2, -0.15) is 0 Å². The maximum atomic E-state index is 13.8. The SMILES string of the molecule is Cc1c(C(=O)N2CC(=N)N(C(=N)c3ccccc3)CC2C)ccc(F)c1F. The first-order valence-electron chi connectivity index (χ1n) is 8.55. The van der Waals surface area contributed by atoms with E-state index in [0.717, 1.165) is 6.07 Å². The lowest BCUT2D eigenvalue weighted by Gasteiger charge is -2.41. The van der Waals surface area contributed by atoms with Crippen molar-refractivity contribution in [2.24, 2.45) is 0 Å². The molecule has 0 aromatic heterocycles. The highest BCUT2D eigenvalue weighted by atomic mass is 19.2. The van der Waals surface area contributed by atoms with E-state index >= 15 is 0 Å². The predicted octanol–water partition coefficient (Wildman–Crippen LogP) is 3.42. The molecule has 0 spiro atoms. The molecule has 5 nitrogen and oxygen atoms in total. The number of amides is 1. The van der Waals surface area contributed by atoms with Gasteiger partial charge in [0.05, 0.1) is 6.54 Å². The van der Waals surface area contributed by atoms with Crippen LogP contribution >= 0.6 is 0 Å². The summed E-state index contributed by atoms with van der Waals surface area (Å²) >= 11 is 0. The Morgan fingerprint density at radius 3 is 2.48 bits per heavy atom. The van der Waals surface area contributed by atoms with E-state index in [1.807, 2.05) is 25.1 Å². The minimum atomic E-state index is -1.03. The highest BCUT2D eigenvalue weighted by Gasteiger charge is 2.34. The Kier molecular flexibility index (Phi) is 5.03. The van der Waals surface area contributed by atoms with Gasteiger partial charge in [-0.1, -0.05) is 30.3 Å². The van der Waals surface area contributed by atoms with Crippen LogP contribution in [0.25, 0.3) is 0 Å². The zero-order chi connectivity index (χ0) is 19.7. The van der Waals surface area contributed by atoms with Crippen LogP contribution in [0.1, 0.15) is 28.4 Å². The predicted molar refractivity (Wildman–Crippen MR) is 99.3 cm³/mol. The number of rotatable bonds is 2. The molecule has 2 aromatic carbocycles. The Morgan fingerprint density at radius 1 is 1.15 bits per heavy atom. The zero-order valence-corrected chi connectivity index (χ0v) is 15.1. The fraction of sp³-hybridized carbons (Fsp3) is 0.250. The number of benzene rings is 2. The quantitative estimate of drug-likeness (QED) is 0.628. The Morgan fingerprint density at radius 2 is 1.81 bits per heavy atom. The zero-order valence-electron chi connectivity index (χ0n) is 15.1. The molecule has 1 atom stereocenters. The summed E-state index contributed by atoms with van der Waals surface area (Å²) in [6, 6.07) is 11.0. The average molecular weight is 370 g/mol. The smallest absolute Gasteiger partial charge is 0.254 e. The molecule has 2 N–H and O–H groups in total. The van der Waals surface area contributed by atoms with E-state index in [1.54, 1.807) is 17.0 Å². The van der Waals surface area contributed by atoms with Gasteiger partial charge in [0.15, 0.2) is 11.6 Å². The van der Waals surface area contributed by atoms with Crippen molar-refractivity contribution >= 4 is 17.6 Å². The highest BCUT2D eigenvalue weighted by Crippen LogP contribution is 2.21. The Labute approximate surface area is 156 Å². The largest absolute Gasteiger partial charge is 0.327 e. The lowest BCUT2D eigenvalue weighted by atomic mass is 10.0. The molecule has 140 valence electrons. The van der Waals surface area contributed by atoms with E-state index in [0.29, 0.717) is 5.56 Å². The van der Waals surface area contributed by atoms with E-state index in [4.69, 9.17) is 10.8 Å². The molecule has 0 aliphatic carbocycles. The summed E-state index contributed by atoms with van der Waals surface area (Å²) < 4.78 is 27.2. The molecule has 1 saturated heterocycles. The number of carbonyl (C=O) groups excluding carboxylic acids is 1. The number of nitrogens with one attached hydrogen (secondary N) is 2. The second-order valence-electron chi connectivity index (χ2n) is 6.59. The molecular weight excluding hydrogens is 350 g/mol. The third-order valence-corrected chi connectivity index (χ3v) is 4.77. The third kappa shape index (κ3) is 3.45. The molecule has 3 rings (SSSR count). The van der Waals surface area contributed by atoms with Crippen LogP contribution in [-0.4, -0.2) is 46.5 Å². The molecule has 1 fully saturated rings. The molecule has 1 aliphatic heterocycles. The van der Waals surface area contributed by atoms with Gasteiger partial charge < -0.3 is 9.80 Å². The monoisotopic (exact) mass is 370 g/mol. The molecular formula is C20H20F2N4O. The van der Waals surface area contributed by atoms with E-state index in [9.17, 15) is 13.6 Å². The lowest BCUT2D eigenvalue weighted by molar-refractivity contribution is 0.0681. The number of amidine groups is 2. The number of hydrogen-bond donors (Lipinski definition) is 2. The first kappa shape index (κ1) is 18.7. The molecule has 0 bridgehead atoms. The Hall–Kier alpha value is -3.09. The van der Waals surface area contributed by atoms with Gasteiger partial charge in [0, 0.05) is 29.3 Å². The second kappa shape index (κ2) is 7.26. The minimum Gasteiger partial charge on any atom is -0.327 e. The number of hydrogen-bond acceptors (Lipinski definition) is 3. The molecule has 1 unspecified atom stereocenters. The van der Waals surface area contributed by atoms with Crippen molar-refractivity contribution in [1.82, 2.24) is 9.80 Å². The summed E-state index contributed by atoms with van der Waals surface area (Å²) in [5, 5.41) is 16.6. The third-order valence-electron chi connectivity index (χ3n) is 4.77. The van der Waals surface area contributed by atoms with E-state index in [1.165, 1.54) is 17.9 Å². The van der Waals surface area contributed by atoms with Crippen LogP contribution in [-0.2, 0) is 0 Å². The fourth-order valence-electron chi connectivity index (χ4n) is 3.16. The van der Waals surface area contributed by atoms with Crippen molar-refractivity contribution in [1.29, 1.82) is 10.8 Å². The topological polar surface area (TPSA) is 71.2 Å². The van der Waals surface area contributed by atoms with Crippen molar-refractivity contribution in [3.8, 4) is 0 Å². The van der Waals surface area contributed by atoms with Gasteiger partial charge in [-0.15, -0.1) is 0 Å². The maximum Gasteiger partial charge on any atom is 0.254 e. The van der Waals surface area contributed by atoms with E-state index < -0.39 is 17.5 Å². The lowest BCUT2D eigenvalue weighted by Crippen LogP contribution is -2.58. The van der Waals surface area contributed by atoms with Crippen molar-refractivity contribution in [2.75, 3.05) is 13.1 Å². The van der Waals surface area contributed by atoms with Gasteiger partial charge in [0.1, 0.15) is 11.7 Å². The first-order chi connectivity index (χ1) is 12.8. The molecule has 0 saturated carbocycles. The summed E-state index contributed by atoms with van der Waals surface area (Å²) in [6.45, 7) is 3.45. The molecule has 7 heteroatoms. The van der Waals surface area contributed by atoms with Crippen LogP contribution in [0.5, 0.6) is 0 Å². The van der Waals surface area contributed by atoms with Gasteiger partial charge in [0.2, 0.25) is 0 Å². The van der Waals surface area contributed by atoms with Gasteiger partial charge in [-0.25, -0.2) is 8.78 Å². The van der Waals surface area contributed by atoms with Crippen LogP contribution in [0.4, 0.5) is 8.78 Å². The minimum absolute atomic E-state index is 0.00630. The van der Waals surface area contributed by atoms with Gasteiger partial charge in [-0.05, 0) is 26.0 Å². The fourth-order valence-corrected chi connectivity index (χ4v) is 3.16. The second-order valence-corrected chi connectivity index (χ2v) is 6.59. The summed E-state index contributed by atoms with van der Waals surface area (Å²) in [5.41, 5.74) is 0.726. The van der Waals surface area contributed by atoms with Crippen LogP contribution in [0.3, 0.4) is 0 Å². The average Bonchev–Trinajstić information content (AvgIpc) is 2.67. The van der Waals surface area contributed by atoms with E-state index in [-0.39, 0.29) is 41.9 Å². The van der Waals surface area contributed by atoms with Crippen molar-refractivity contribution in [2.45, 2.75) is 19.9 Å². The standard InChI is InChI=1S/C20H20F2N4O/c1-12-10-26(19(24)14-6-4-3-5-7-14)17(23)11-25(12)20(27)15-8-9-16(21)18(22)13(15)2/h3-9,12,23-24H,10-11H2,1-2H3. The van der Waals surface area contributed by atoms with Crippen LogP contribution in [0.2, 0.25) is 0 Å². The number of piperazine rings is 1. The van der Waals surface area contributed by atoms with Crippen molar-refractivity contribution in [3.05, 3.63) is 70.8 Å². The van der Waals surface area contributed by atoms with Crippen LogP contribution in [0, 0.1) is 29.4 Å². The highest BCUT2D eigenvalue weighted by molar-refractivity contribution is 6.09. The van der Waals surface area contributed by atoms with Crippen molar-refractivity contribution in [3.63, 3.8) is 0 Å². The molecule has 2 aromatic rings. The number of nitrogens with zero attached hydrogens (tertiary/aromatic N) is 2. The molecule has 1 aliphatic rings. The molecule has 27 heavy (non-hydrogen) atoms. The van der Waals surface area contributed by atoms with Crippen LogP contribution < -0.4 is 0 Å². The Bertz CT molecular complexity index is 914. The normalized spacial score (nSPS) is 17.2. The summed E-state index contributed by atoms with van der Waals surface area (Å²) in [7, 11) is 0. The van der Waals surface area contributed by atoms with Gasteiger partial charge in [0.25, 0.3) is 5.91 Å². The van der Waals surface area contributed by atoms with E-state index in [2.05, 4.69) is 0 Å². The summed E-state index contributed by atoms with van der Waals surface area (Å²) in [4.78, 5) is 15.9. The summed E-state index contributed by atoms with van der Waals surface area (Å²) in [5.74, 6) is -2.17. The molecule has 1 amide bonds. The first-order valence-corrected chi connectivity index (χ1v) is 8.55. The van der Waals surface area contributed by atoms with Gasteiger partial charge in [-0.3, -0.25) is 15.6 Å². The van der Waals surface area contributed by atoms with Crippen LogP contribution in [0.15, 0.2) is 42.5 Å². The molecule has 0 radical (unpaired) electrons. The molecule has 1 heterocycles. The number of halogens is 2. The Balaban J connectivity index is 1.81.